The number of phenols is 2. The number of ketones is 2. The van der Waals surface area contributed by atoms with Crippen LogP contribution in [0.4, 0.5) is 11.4 Å². The van der Waals surface area contributed by atoms with Crippen LogP contribution < -0.4 is 43.4 Å². The van der Waals surface area contributed by atoms with Crippen LogP contribution in [0.3, 0.4) is 0 Å². The second kappa shape index (κ2) is 14.4. The predicted octanol–water partition coefficient (Wildman–Crippen LogP) is -2.92. The van der Waals surface area contributed by atoms with E-state index in [1.165, 1.54) is 12.1 Å². The first-order valence-corrected chi connectivity index (χ1v) is 12.8. The summed E-state index contributed by atoms with van der Waals surface area (Å²) in [5, 5.41) is 36.6. The van der Waals surface area contributed by atoms with E-state index in [-0.39, 0.29) is 86.0 Å². The summed E-state index contributed by atoms with van der Waals surface area (Å²) >= 11 is 0. The van der Waals surface area contributed by atoms with Crippen molar-refractivity contribution >= 4 is 46.6 Å². The van der Waals surface area contributed by atoms with Crippen LogP contribution in [0.5, 0.6) is 11.5 Å². The van der Waals surface area contributed by atoms with Crippen molar-refractivity contribution in [2.75, 3.05) is 63.0 Å². The molecule has 2 aromatic rings. The van der Waals surface area contributed by atoms with Gasteiger partial charge in [-0.05, 0) is 24.3 Å². The molecule has 0 unspecified atom stereocenters. The number of fused-ring (bicyclic) bond motifs is 2. The van der Waals surface area contributed by atoms with E-state index >= 15 is 0 Å². The maximum atomic E-state index is 13.6. The van der Waals surface area contributed by atoms with E-state index in [1.54, 1.807) is 0 Å². The first-order chi connectivity index (χ1) is 20.1. The van der Waals surface area contributed by atoms with Crippen molar-refractivity contribution in [3.05, 3.63) is 46.5 Å². The molecular weight excluding hydrogens is 552 g/mol. The van der Waals surface area contributed by atoms with E-state index < -0.39 is 46.7 Å². The fraction of sp³-hybridized carbons (Fsp3) is 0.308. The average molecular weight is 585 g/mol. The van der Waals surface area contributed by atoms with Gasteiger partial charge in [0.25, 0.3) is 0 Å². The van der Waals surface area contributed by atoms with Gasteiger partial charge in [-0.2, -0.15) is 0 Å². The normalized spacial score (nSPS) is 11.6. The third-order valence-electron chi connectivity index (χ3n) is 6.06. The lowest BCUT2D eigenvalue weighted by Crippen LogP contribution is -2.40. The van der Waals surface area contributed by atoms with Gasteiger partial charge in [0.1, 0.15) is 11.5 Å². The van der Waals surface area contributed by atoms with Gasteiger partial charge in [0.2, 0.25) is 35.2 Å². The zero-order chi connectivity index (χ0) is 30.8. The molecule has 0 saturated heterocycles. The van der Waals surface area contributed by atoms with Gasteiger partial charge in [0, 0.05) is 37.6 Å². The van der Waals surface area contributed by atoms with Gasteiger partial charge < -0.3 is 53.6 Å². The van der Waals surface area contributed by atoms with E-state index in [0.717, 1.165) is 12.1 Å². The summed E-state index contributed by atoms with van der Waals surface area (Å²) in [6, 6.07) is 5.27. The largest absolute Gasteiger partial charge is 0.507 e. The number of anilines is 2. The van der Waals surface area contributed by atoms with Crippen LogP contribution in [0, 0.1) is 0 Å². The van der Waals surface area contributed by atoms with Gasteiger partial charge in [0.05, 0.1) is 48.4 Å². The van der Waals surface area contributed by atoms with E-state index in [4.69, 9.17) is 11.5 Å². The quantitative estimate of drug-likeness (QED) is 0.0674. The van der Waals surface area contributed by atoms with Gasteiger partial charge in [-0.25, -0.2) is 0 Å². The molecule has 2 aromatic carbocycles. The van der Waals surface area contributed by atoms with E-state index in [1.807, 2.05) is 0 Å². The molecule has 42 heavy (non-hydrogen) atoms. The van der Waals surface area contributed by atoms with Crippen molar-refractivity contribution in [1.82, 2.24) is 21.3 Å². The van der Waals surface area contributed by atoms with Gasteiger partial charge >= 0.3 is 0 Å². The predicted molar refractivity (Wildman–Crippen MR) is 150 cm³/mol. The fourth-order valence-electron chi connectivity index (χ4n) is 4.08. The summed E-state index contributed by atoms with van der Waals surface area (Å²) in [5.41, 5.74) is 10.0. The second-order valence-electron chi connectivity index (χ2n) is 8.94. The SMILES string of the molecule is NCC(=O)NCC(=O)NCCNc1ccc(NCCNC(=O)CNC(=O)CN)c2c1C(=O)c1c(O)ccc(O)c1C2=O. The molecule has 0 atom stereocenters. The molecule has 4 amide bonds. The van der Waals surface area contributed by atoms with Crippen molar-refractivity contribution in [3.63, 3.8) is 0 Å². The molecule has 12 N–H and O–H groups in total. The first-order valence-electron chi connectivity index (χ1n) is 12.8. The summed E-state index contributed by atoms with van der Waals surface area (Å²) < 4.78 is 0. The van der Waals surface area contributed by atoms with Crippen LogP contribution in [0.2, 0.25) is 0 Å². The molecule has 0 radical (unpaired) electrons. The number of hydrogen-bond donors (Lipinski definition) is 10. The Morgan fingerprint density at radius 1 is 0.548 bits per heavy atom. The van der Waals surface area contributed by atoms with Crippen LogP contribution in [0.25, 0.3) is 0 Å². The highest BCUT2D eigenvalue weighted by molar-refractivity contribution is 6.33. The molecule has 0 bridgehead atoms. The Balaban J connectivity index is 1.76. The molecule has 3 rings (SSSR count). The number of benzene rings is 2. The summed E-state index contributed by atoms with van der Waals surface area (Å²) in [4.78, 5) is 73.3. The molecule has 1 aliphatic rings. The monoisotopic (exact) mass is 584 g/mol. The molecule has 224 valence electrons. The Hall–Kier alpha value is -5.22. The molecule has 0 heterocycles. The molecule has 1 aliphatic carbocycles. The summed E-state index contributed by atoms with van der Waals surface area (Å²) in [5.74, 6) is -4.28. The number of aromatic hydroxyl groups is 2. The first kappa shape index (κ1) is 31.3. The second-order valence-corrected chi connectivity index (χ2v) is 8.94. The van der Waals surface area contributed by atoms with Crippen molar-refractivity contribution in [2.45, 2.75) is 0 Å². The summed E-state index contributed by atoms with van der Waals surface area (Å²) in [6.45, 7) is -0.576. The van der Waals surface area contributed by atoms with E-state index in [9.17, 15) is 39.0 Å². The lowest BCUT2D eigenvalue weighted by molar-refractivity contribution is -0.125. The Labute approximate surface area is 239 Å². The van der Waals surface area contributed by atoms with Crippen molar-refractivity contribution < 1.29 is 39.0 Å². The zero-order valence-corrected chi connectivity index (χ0v) is 22.5. The summed E-state index contributed by atoms with van der Waals surface area (Å²) in [7, 11) is 0. The number of carbonyl (C=O) groups is 6. The van der Waals surface area contributed by atoms with Crippen LogP contribution in [0.1, 0.15) is 31.8 Å². The van der Waals surface area contributed by atoms with Crippen molar-refractivity contribution in [3.8, 4) is 11.5 Å². The van der Waals surface area contributed by atoms with Gasteiger partial charge in [-0.15, -0.1) is 0 Å². The number of carbonyl (C=O) groups excluding carboxylic acids is 6. The number of hydrogen-bond acceptors (Lipinski definition) is 12. The third-order valence-corrected chi connectivity index (χ3v) is 6.06. The van der Waals surface area contributed by atoms with E-state index in [2.05, 4.69) is 31.9 Å². The maximum absolute atomic E-state index is 13.6. The van der Waals surface area contributed by atoms with Crippen molar-refractivity contribution in [1.29, 1.82) is 0 Å². The Morgan fingerprint density at radius 2 is 0.929 bits per heavy atom. The summed E-state index contributed by atoms with van der Waals surface area (Å²) in [6.07, 6.45) is 0. The highest BCUT2D eigenvalue weighted by atomic mass is 16.3. The topological polar surface area (TPSA) is 267 Å². The molecule has 16 nitrogen and oxygen atoms in total. The maximum Gasteiger partial charge on any atom is 0.239 e. The zero-order valence-electron chi connectivity index (χ0n) is 22.5. The molecule has 0 saturated carbocycles. The third kappa shape index (κ3) is 7.49. The standard InChI is InChI=1S/C26H32N8O8/c27-9-17(37)33-11-19(39)31-7-5-29-13-1-2-14(30-6-8-32-20(40)12-34-18(38)10-28)22-21(13)25(41)23-15(35)3-4-16(36)24(23)26(22)42/h1-4,29-30,35-36H,5-12,27-28H2,(H,31,39)(H,32,40)(H,33,37)(H,34,38). The minimum atomic E-state index is -0.711. The molecule has 0 aliphatic heterocycles. The molecule has 0 spiro atoms. The highest BCUT2D eigenvalue weighted by Gasteiger charge is 2.37. The Bertz CT molecular complexity index is 1310. The van der Waals surface area contributed by atoms with Gasteiger partial charge in [0.15, 0.2) is 0 Å². The van der Waals surface area contributed by atoms with Crippen LogP contribution >= 0.6 is 0 Å². The highest BCUT2D eigenvalue weighted by Crippen LogP contribution is 2.42. The number of amides is 4. The molecular formula is C26H32N8O8. The Morgan fingerprint density at radius 3 is 1.29 bits per heavy atom. The minimum absolute atomic E-state index is 0.0616. The molecule has 0 fully saturated rings. The minimum Gasteiger partial charge on any atom is -0.507 e. The lowest BCUT2D eigenvalue weighted by Gasteiger charge is -2.25. The average Bonchev–Trinajstić information content (AvgIpc) is 2.98. The fourth-order valence-corrected chi connectivity index (χ4v) is 4.08. The van der Waals surface area contributed by atoms with Gasteiger partial charge in [-0.3, -0.25) is 28.8 Å². The van der Waals surface area contributed by atoms with Crippen LogP contribution in [-0.2, 0) is 19.2 Å². The number of phenolic OH excluding ortho intramolecular Hbond substituents is 2. The smallest absolute Gasteiger partial charge is 0.239 e. The van der Waals surface area contributed by atoms with Gasteiger partial charge in [-0.1, -0.05) is 0 Å². The van der Waals surface area contributed by atoms with Crippen LogP contribution in [0.15, 0.2) is 24.3 Å². The lowest BCUT2D eigenvalue weighted by atomic mass is 9.81. The van der Waals surface area contributed by atoms with E-state index in [0.29, 0.717) is 0 Å². The Kier molecular flexibility index (Phi) is 10.8. The number of rotatable bonds is 14. The van der Waals surface area contributed by atoms with Crippen LogP contribution in [-0.4, -0.2) is 97.8 Å². The molecule has 0 aromatic heterocycles. The molecule has 16 heteroatoms. The number of nitrogens with one attached hydrogen (secondary N) is 6. The van der Waals surface area contributed by atoms with Crippen molar-refractivity contribution in [2.24, 2.45) is 11.5 Å². The number of nitrogens with two attached hydrogens (primary N) is 2.